The van der Waals surface area contributed by atoms with Crippen molar-refractivity contribution in [1.29, 1.82) is 0 Å². The van der Waals surface area contributed by atoms with Crippen LogP contribution < -0.4 is 5.32 Å². The molecule has 0 bridgehead atoms. The second-order valence-electron chi connectivity index (χ2n) is 5.24. The van der Waals surface area contributed by atoms with Crippen LogP contribution in [0.4, 0.5) is 0 Å². The van der Waals surface area contributed by atoms with Crippen LogP contribution in [0.1, 0.15) is 33.1 Å². The van der Waals surface area contributed by atoms with Crippen molar-refractivity contribution < 1.29 is 9.47 Å². The molecule has 4 atom stereocenters. The van der Waals surface area contributed by atoms with Crippen molar-refractivity contribution >= 4 is 0 Å². The summed E-state index contributed by atoms with van der Waals surface area (Å²) in [6.07, 6.45) is 4.07. The van der Waals surface area contributed by atoms with Crippen molar-refractivity contribution in [2.75, 3.05) is 26.4 Å². The molecule has 0 aromatic carbocycles. The Morgan fingerprint density at radius 1 is 1.31 bits per heavy atom. The Kier molecular flexibility index (Phi) is 4.62. The van der Waals surface area contributed by atoms with Crippen molar-refractivity contribution in [1.82, 2.24) is 5.32 Å². The third kappa shape index (κ3) is 2.96. The first-order valence-electron chi connectivity index (χ1n) is 6.74. The molecule has 0 saturated carbocycles. The lowest BCUT2D eigenvalue weighted by molar-refractivity contribution is 0.111. The van der Waals surface area contributed by atoms with Crippen LogP contribution in [0.3, 0.4) is 0 Å². The van der Waals surface area contributed by atoms with Gasteiger partial charge in [0, 0.05) is 24.5 Å². The van der Waals surface area contributed by atoms with E-state index >= 15 is 0 Å². The van der Waals surface area contributed by atoms with Gasteiger partial charge in [-0.15, -0.1) is 0 Å². The van der Waals surface area contributed by atoms with Crippen LogP contribution in [-0.4, -0.2) is 38.5 Å². The minimum absolute atomic E-state index is 0.443. The highest BCUT2D eigenvalue weighted by molar-refractivity contribution is 4.88. The van der Waals surface area contributed by atoms with Gasteiger partial charge < -0.3 is 14.8 Å². The summed E-state index contributed by atoms with van der Waals surface area (Å²) in [4.78, 5) is 0. The average Bonchev–Trinajstić information content (AvgIpc) is 2.91. The molecule has 94 valence electrons. The largest absolute Gasteiger partial charge is 0.381 e. The molecule has 16 heavy (non-hydrogen) atoms. The monoisotopic (exact) mass is 227 g/mol. The van der Waals surface area contributed by atoms with Crippen molar-refractivity contribution in [3.05, 3.63) is 0 Å². The Hall–Kier alpha value is -0.120. The Morgan fingerprint density at radius 2 is 2.19 bits per heavy atom. The molecule has 1 N–H and O–H groups in total. The van der Waals surface area contributed by atoms with Crippen molar-refractivity contribution in [2.45, 2.75) is 45.3 Å². The molecule has 0 spiro atoms. The van der Waals surface area contributed by atoms with Crippen molar-refractivity contribution in [3.8, 4) is 0 Å². The maximum absolute atomic E-state index is 5.71. The lowest BCUT2D eigenvalue weighted by Gasteiger charge is -2.28. The highest BCUT2D eigenvalue weighted by Crippen LogP contribution is 2.29. The number of ether oxygens (including phenoxy) is 2. The molecule has 2 heterocycles. The summed E-state index contributed by atoms with van der Waals surface area (Å²) in [7, 11) is 0. The summed E-state index contributed by atoms with van der Waals surface area (Å²) < 4.78 is 11.2. The average molecular weight is 227 g/mol. The summed E-state index contributed by atoms with van der Waals surface area (Å²) in [6, 6.07) is 0.604. The molecule has 3 nitrogen and oxygen atoms in total. The van der Waals surface area contributed by atoms with E-state index in [1.807, 2.05) is 0 Å². The normalized spacial score (nSPS) is 36.8. The van der Waals surface area contributed by atoms with E-state index in [2.05, 4.69) is 19.2 Å². The van der Waals surface area contributed by atoms with Crippen LogP contribution in [0, 0.1) is 11.8 Å². The molecule has 0 aromatic heterocycles. The predicted octanol–water partition coefficient (Wildman–Crippen LogP) is 1.82. The van der Waals surface area contributed by atoms with Gasteiger partial charge in [-0.1, -0.05) is 6.92 Å². The third-order valence-corrected chi connectivity index (χ3v) is 3.84. The van der Waals surface area contributed by atoms with Gasteiger partial charge in [-0.25, -0.2) is 0 Å². The van der Waals surface area contributed by atoms with Gasteiger partial charge in [0.2, 0.25) is 0 Å². The standard InChI is InChI=1S/C13H25NO2/c1-3-5-14-13(11-4-6-15-8-11)12-7-10(2)16-9-12/h10-14H,3-9H2,1-2H3. The maximum atomic E-state index is 5.71. The van der Waals surface area contributed by atoms with E-state index in [1.54, 1.807) is 0 Å². The number of hydrogen-bond acceptors (Lipinski definition) is 3. The Labute approximate surface area is 98.9 Å². The molecule has 4 unspecified atom stereocenters. The minimum atomic E-state index is 0.443. The molecule has 2 aliphatic heterocycles. The molecule has 0 amide bonds. The third-order valence-electron chi connectivity index (χ3n) is 3.84. The van der Waals surface area contributed by atoms with Crippen LogP contribution in [0.25, 0.3) is 0 Å². The quantitative estimate of drug-likeness (QED) is 0.777. The van der Waals surface area contributed by atoms with Crippen molar-refractivity contribution in [2.24, 2.45) is 11.8 Å². The molecule has 0 radical (unpaired) electrons. The summed E-state index contributed by atoms with van der Waals surface area (Å²) >= 11 is 0. The predicted molar refractivity (Wildman–Crippen MR) is 64.5 cm³/mol. The molecule has 2 saturated heterocycles. The van der Waals surface area contributed by atoms with Gasteiger partial charge in [-0.2, -0.15) is 0 Å². The minimum Gasteiger partial charge on any atom is -0.381 e. The smallest absolute Gasteiger partial charge is 0.0551 e. The first-order chi connectivity index (χ1) is 7.81. The zero-order chi connectivity index (χ0) is 11.4. The molecule has 2 rings (SSSR count). The fourth-order valence-electron chi connectivity index (χ4n) is 2.97. The SMILES string of the molecule is CCCNC(C1CCOC1)C1COC(C)C1. The van der Waals surface area contributed by atoms with Gasteiger partial charge >= 0.3 is 0 Å². The van der Waals surface area contributed by atoms with Gasteiger partial charge in [-0.05, 0) is 32.7 Å². The molecule has 2 aliphatic rings. The van der Waals surface area contributed by atoms with Crippen molar-refractivity contribution in [3.63, 3.8) is 0 Å². The fraction of sp³-hybridized carbons (Fsp3) is 1.00. The zero-order valence-corrected chi connectivity index (χ0v) is 10.6. The number of nitrogens with one attached hydrogen (secondary N) is 1. The molecule has 0 aromatic rings. The fourth-order valence-corrected chi connectivity index (χ4v) is 2.97. The van der Waals surface area contributed by atoms with Gasteiger partial charge in [0.25, 0.3) is 0 Å². The number of hydrogen-bond donors (Lipinski definition) is 1. The van der Waals surface area contributed by atoms with Gasteiger partial charge in [0.1, 0.15) is 0 Å². The summed E-state index contributed by atoms with van der Waals surface area (Å²) in [5.41, 5.74) is 0. The Balaban J connectivity index is 1.90. The molecular weight excluding hydrogens is 202 g/mol. The van der Waals surface area contributed by atoms with Gasteiger partial charge in [-0.3, -0.25) is 0 Å². The van der Waals surface area contributed by atoms with E-state index in [0.717, 1.165) is 26.4 Å². The Morgan fingerprint density at radius 3 is 2.75 bits per heavy atom. The van der Waals surface area contributed by atoms with E-state index in [4.69, 9.17) is 9.47 Å². The second kappa shape index (κ2) is 5.99. The number of rotatable bonds is 5. The van der Waals surface area contributed by atoms with Crippen LogP contribution in [-0.2, 0) is 9.47 Å². The topological polar surface area (TPSA) is 30.5 Å². The Bertz CT molecular complexity index is 204. The lowest BCUT2D eigenvalue weighted by Crippen LogP contribution is -2.43. The van der Waals surface area contributed by atoms with E-state index in [9.17, 15) is 0 Å². The molecular formula is C13H25NO2. The first kappa shape index (κ1) is 12.3. The molecule has 0 aliphatic carbocycles. The second-order valence-corrected chi connectivity index (χ2v) is 5.24. The lowest BCUT2D eigenvalue weighted by atomic mass is 9.86. The van der Waals surface area contributed by atoms with E-state index in [1.165, 1.54) is 19.3 Å². The maximum Gasteiger partial charge on any atom is 0.0551 e. The highest BCUT2D eigenvalue weighted by Gasteiger charge is 2.35. The van der Waals surface area contributed by atoms with E-state index in [0.29, 0.717) is 24.0 Å². The molecule has 3 heteroatoms. The highest BCUT2D eigenvalue weighted by atomic mass is 16.5. The van der Waals surface area contributed by atoms with Crippen LogP contribution in [0.5, 0.6) is 0 Å². The van der Waals surface area contributed by atoms with Crippen LogP contribution in [0.15, 0.2) is 0 Å². The van der Waals surface area contributed by atoms with Crippen LogP contribution in [0.2, 0.25) is 0 Å². The first-order valence-corrected chi connectivity index (χ1v) is 6.74. The van der Waals surface area contributed by atoms with Gasteiger partial charge in [0.15, 0.2) is 0 Å². The van der Waals surface area contributed by atoms with E-state index < -0.39 is 0 Å². The van der Waals surface area contributed by atoms with Crippen LogP contribution >= 0.6 is 0 Å². The molecule has 2 fully saturated rings. The summed E-state index contributed by atoms with van der Waals surface area (Å²) in [5, 5.41) is 3.71. The van der Waals surface area contributed by atoms with Gasteiger partial charge in [0.05, 0.1) is 19.3 Å². The van der Waals surface area contributed by atoms with E-state index in [-0.39, 0.29) is 0 Å². The summed E-state index contributed by atoms with van der Waals surface area (Å²) in [6.45, 7) is 8.33. The zero-order valence-electron chi connectivity index (χ0n) is 10.6. The summed E-state index contributed by atoms with van der Waals surface area (Å²) in [5.74, 6) is 1.39.